The molecule has 0 saturated carbocycles. The number of nitrogens with zero attached hydrogens (tertiary/aromatic N) is 4. The Morgan fingerprint density at radius 3 is 2.77 bits per heavy atom. The van der Waals surface area contributed by atoms with E-state index >= 15 is 0 Å². The van der Waals surface area contributed by atoms with Gasteiger partial charge in [0.2, 0.25) is 0 Å². The molecule has 0 radical (unpaired) electrons. The van der Waals surface area contributed by atoms with Gasteiger partial charge in [-0.15, -0.1) is 0 Å². The van der Waals surface area contributed by atoms with Crippen LogP contribution in [0.3, 0.4) is 0 Å². The summed E-state index contributed by atoms with van der Waals surface area (Å²) in [6.07, 6.45) is 7.35. The smallest absolute Gasteiger partial charge is 0.257 e. The molecule has 1 aromatic carbocycles. The first kappa shape index (κ1) is 18.3. The van der Waals surface area contributed by atoms with Crippen LogP contribution in [0, 0.1) is 11.3 Å². The van der Waals surface area contributed by atoms with Crippen molar-refractivity contribution in [3.63, 3.8) is 0 Å². The molecule has 4 heterocycles. The number of nitriles is 1. The van der Waals surface area contributed by atoms with E-state index in [1.54, 1.807) is 12.3 Å². The molecular formula is C25H23N5O. The van der Waals surface area contributed by atoms with Crippen molar-refractivity contribution in [2.75, 3.05) is 18.0 Å². The molecule has 0 amide bonds. The van der Waals surface area contributed by atoms with Gasteiger partial charge in [0.15, 0.2) is 0 Å². The molecule has 0 spiro atoms. The van der Waals surface area contributed by atoms with Crippen molar-refractivity contribution in [2.45, 2.75) is 37.4 Å². The van der Waals surface area contributed by atoms with E-state index in [-0.39, 0.29) is 5.56 Å². The van der Waals surface area contributed by atoms with E-state index in [1.165, 1.54) is 17.7 Å². The number of hydrogen-bond donors (Lipinski definition) is 1. The zero-order valence-electron chi connectivity index (χ0n) is 17.2. The van der Waals surface area contributed by atoms with Gasteiger partial charge in [-0.05, 0) is 67.3 Å². The van der Waals surface area contributed by atoms with E-state index in [1.807, 2.05) is 24.3 Å². The lowest BCUT2D eigenvalue weighted by atomic mass is 10.1. The topological polar surface area (TPSA) is 76.0 Å². The van der Waals surface area contributed by atoms with Crippen molar-refractivity contribution in [1.82, 2.24) is 14.9 Å². The number of likely N-dealkylation sites (tertiary alicyclic amines) is 1. The van der Waals surface area contributed by atoms with Crippen molar-refractivity contribution >= 4 is 22.2 Å². The molecule has 1 unspecified atom stereocenters. The van der Waals surface area contributed by atoms with Gasteiger partial charge in [-0.2, -0.15) is 5.26 Å². The van der Waals surface area contributed by atoms with Crippen molar-refractivity contribution in [1.29, 1.82) is 5.26 Å². The third kappa shape index (κ3) is 3.05. The number of aromatic nitrogens is 2. The predicted molar refractivity (Wildman–Crippen MR) is 121 cm³/mol. The SMILES string of the molecule is N#Cc1ccc(N2C[C@@H]3C[C@H]2CN3C2C=C(c3cc4ncccc4c(=O)[nH]3)CC2)cc1. The lowest BCUT2D eigenvalue weighted by molar-refractivity contribution is 0.196. The predicted octanol–water partition coefficient (Wildman–Crippen LogP) is 3.30. The van der Waals surface area contributed by atoms with Crippen LogP contribution in [0.15, 0.2) is 59.5 Å². The number of piperazine rings is 1. The van der Waals surface area contributed by atoms with Crippen LogP contribution in [0.5, 0.6) is 0 Å². The van der Waals surface area contributed by atoms with Crippen LogP contribution < -0.4 is 10.5 Å². The standard InChI is InChI=1S/C25H23N5O/c26-13-16-3-6-18(7-4-16)29-14-21-11-20(29)15-30(21)19-8-5-17(10-19)23-12-24-22(25(31)28-23)2-1-9-27-24/h1-4,6-7,9-10,12,19-21H,5,8,11,14-15H2,(H,28,31)/t19?,20-,21-/m0/s1. The van der Waals surface area contributed by atoms with Crippen molar-refractivity contribution in [3.05, 3.63) is 76.3 Å². The van der Waals surface area contributed by atoms with Gasteiger partial charge in [0, 0.05) is 48.8 Å². The van der Waals surface area contributed by atoms with Gasteiger partial charge in [0.05, 0.1) is 22.5 Å². The van der Waals surface area contributed by atoms with E-state index in [9.17, 15) is 4.79 Å². The molecule has 2 aliphatic heterocycles. The van der Waals surface area contributed by atoms with Crippen LogP contribution in [0.2, 0.25) is 0 Å². The number of nitrogens with one attached hydrogen (secondary N) is 1. The molecule has 3 atom stereocenters. The van der Waals surface area contributed by atoms with Gasteiger partial charge in [0.25, 0.3) is 5.56 Å². The van der Waals surface area contributed by atoms with Gasteiger partial charge in [0.1, 0.15) is 0 Å². The van der Waals surface area contributed by atoms with Crippen molar-refractivity contribution in [3.8, 4) is 6.07 Å². The summed E-state index contributed by atoms with van der Waals surface area (Å²) in [6, 6.07) is 17.3. The zero-order chi connectivity index (χ0) is 20.9. The van der Waals surface area contributed by atoms with Crippen LogP contribution in [-0.2, 0) is 0 Å². The summed E-state index contributed by atoms with van der Waals surface area (Å²) in [5, 5.41) is 9.67. The summed E-state index contributed by atoms with van der Waals surface area (Å²) in [7, 11) is 0. The average Bonchev–Trinajstić information content (AvgIpc) is 3.55. The Bertz CT molecular complexity index is 1290. The first-order chi connectivity index (χ1) is 15.2. The molecular weight excluding hydrogens is 386 g/mol. The maximum atomic E-state index is 12.5. The quantitative estimate of drug-likeness (QED) is 0.718. The van der Waals surface area contributed by atoms with Gasteiger partial charge in [-0.25, -0.2) is 0 Å². The van der Waals surface area contributed by atoms with Crippen LogP contribution >= 0.6 is 0 Å². The number of allylic oxidation sites excluding steroid dienone is 1. The number of hydrogen-bond acceptors (Lipinski definition) is 5. The molecule has 6 nitrogen and oxygen atoms in total. The van der Waals surface area contributed by atoms with Crippen molar-refractivity contribution < 1.29 is 0 Å². The second-order valence-electron chi connectivity index (χ2n) is 8.80. The molecule has 3 aromatic rings. The summed E-state index contributed by atoms with van der Waals surface area (Å²) in [5.74, 6) is 0. The minimum Gasteiger partial charge on any atom is -0.366 e. The highest BCUT2D eigenvalue weighted by atomic mass is 16.1. The fourth-order valence-corrected chi connectivity index (χ4v) is 5.60. The monoisotopic (exact) mass is 409 g/mol. The lowest BCUT2D eigenvalue weighted by Gasteiger charge is -2.38. The molecule has 154 valence electrons. The highest BCUT2D eigenvalue weighted by molar-refractivity contribution is 5.81. The van der Waals surface area contributed by atoms with E-state index < -0.39 is 0 Å². The minimum absolute atomic E-state index is 0.0664. The number of fused-ring (bicyclic) bond motifs is 3. The minimum atomic E-state index is -0.0664. The number of benzene rings is 1. The Labute approximate surface area is 180 Å². The Morgan fingerprint density at radius 1 is 1.13 bits per heavy atom. The van der Waals surface area contributed by atoms with Crippen LogP contribution in [0.4, 0.5) is 5.69 Å². The fourth-order valence-electron chi connectivity index (χ4n) is 5.60. The fraction of sp³-hybridized carbons (Fsp3) is 0.320. The summed E-state index contributed by atoms with van der Waals surface area (Å²) in [4.78, 5) is 25.0. The van der Waals surface area contributed by atoms with E-state index in [0.717, 1.165) is 37.1 Å². The maximum absolute atomic E-state index is 12.5. The third-order valence-corrected chi connectivity index (χ3v) is 7.10. The number of aromatic amines is 1. The molecule has 1 N–H and O–H groups in total. The van der Waals surface area contributed by atoms with Gasteiger partial charge < -0.3 is 9.88 Å². The first-order valence-corrected chi connectivity index (χ1v) is 10.9. The Hall–Kier alpha value is -3.43. The van der Waals surface area contributed by atoms with Gasteiger partial charge >= 0.3 is 0 Å². The first-order valence-electron chi connectivity index (χ1n) is 10.9. The van der Waals surface area contributed by atoms with Crippen molar-refractivity contribution in [2.24, 2.45) is 0 Å². The molecule has 2 aromatic heterocycles. The number of rotatable bonds is 3. The third-order valence-electron chi connectivity index (χ3n) is 7.10. The molecule has 1 aliphatic carbocycles. The average molecular weight is 409 g/mol. The summed E-state index contributed by atoms with van der Waals surface area (Å²) in [6.45, 7) is 2.10. The molecule has 3 aliphatic rings. The highest BCUT2D eigenvalue weighted by Crippen LogP contribution is 2.39. The Kier molecular flexibility index (Phi) is 4.18. The molecule has 2 fully saturated rings. The Morgan fingerprint density at radius 2 is 2.00 bits per heavy atom. The number of anilines is 1. The summed E-state index contributed by atoms with van der Waals surface area (Å²) >= 11 is 0. The lowest BCUT2D eigenvalue weighted by Crippen LogP contribution is -2.49. The van der Waals surface area contributed by atoms with E-state index in [0.29, 0.717) is 29.1 Å². The highest BCUT2D eigenvalue weighted by Gasteiger charge is 2.45. The second-order valence-corrected chi connectivity index (χ2v) is 8.80. The molecule has 6 heteroatoms. The molecule has 2 saturated heterocycles. The summed E-state index contributed by atoms with van der Waals surface area (Å²) in [5.41, 5.74) is 4.74. The van der Waals surface area contributed by atoms with E-state index in [4.69, 9.17) is 5.26 Å². The van der Waals surface area contributed by atoms with Gasteiger partial charge in [-0.1, -0.05) is 6.08 Å². The normalized spacial score (nSPS) is 25.2. The second kappa shape index (κ2) is 7.07. The van der Waals surface area contributed by atoms with Crippen LogP contribution in [0.25, 0.3) is 16.5 Å². The summed E-state index contributed by atoms with van der Waals surface area (Å²) < 4.78 is 0. The molecule has 31 heavy (non-hydrogen) atoms. The number of pyridine rings is 2. The van der Waals surface area contributed by atoms with Crippen LogP contribution in [-0.4, -0.2) is 46.1 Å². The zero-order valence-corrected chi connectivity index (χ0v) is 17.2. The molecule has 2 bridgehead atoms. The number of H-pyrrole nitrogens is 1. The maximum Gasteiger partial charge on any atom is 0.257 e. The van der Waals surface area contributed by atoms with Gasteiger partial charge in [-0.3, -0.25) is 14.7 Å². The van der Waals surface area contributed by atoms with E-state index in [2.05, 4.69) is 44.0 Å². The van der Waals surface area contributed by atoms with Crippen LogP contribution in [0.1, 0.15) is 30.5 Å². The largest absolute Gasteiger partial charge is 0.366 e. The Balaban J connectivity index is 1.20. The molecule has 6 rings (SSSR count).